The number of hydrogen-bond donors (Lipinski definition) is 1. The Morgan fingerprint density at radius 2 is 2.36 bits per heavy atom. The van der Waals surface area contributed by atoms with E-state index in [2.05, 4.69) is 15.1 Å². The normalized spacial score (nSPS) is 28.9. The molecule has 2 rings (SSSR count). The molecule has 14 heavy (non-hydrogen) atoms. The Labute approximate surface area is 87.6 Å². The van der Waals surface area contributed by atoms with Gasteiger partial charge in [0.2, 0.25) is 5.13 Å². The number of anilines is 1. The molecule has 1 aromatic rings. The molecule has 1 saturated heterocycles. The average molecular weight is 213 g/mol. The van der Waals surface area contributed by atoms with E-state index in [1.165, 1.54) is 0 Å². The van der Waals surface area contributed by atoms with Crippen LogP contribution in [0.5, 0.6) is 0 Å². The van der Waals surface area contributed by atoms with E-state index in [0.717, 1.165) is 37.5 Å². The fourth-order valence-electron chi connectivity index (χ4n) is 1.76. The summed E-state index contributed by atoms with van der Waals surface area (Å²) in [5.41, 5.74) is 1.25. The summed E-state index contributed by atoms with van der Waals surface area (Å²) in [6, 6.07) is 0. The lowest BCUT2D eigenvalue weighted by Crippen LogP contribution is -2.28. The van der Waals surface area contributed by atoms with Gasteiger partial charge < -0.3 is 10.0 Å². The fraction of sp³-hybridized carbons (Fsp3) is 0.778. The Bertz CT molecular complexity index is 286. The largest absolute Gasteiger partial charge is 0.390 e. The average Bonchev–Trinajstić information content (AvgIpc) is 2.58. The van der Waals surface area contributed by atoms with Crippen molar-refractivity contribution in [2.24, 2.45) is 0 Å². The summed E-state index contributed by atoms with van der Waals surface area (Å²) in [4.78, 5) is 2.21. The van der Waals surface area contributed by atoms with Crippen molar-refractivity contribution >= 4 is 16.5 Å². The summed E-state index contributed by atoms with van der Waals surface area (Å²) in [7, 11) is 0. The van der Waals surface area contributed by atoms with E-state index in [9.17, 15) is 5.11 Å². The number of rotatable bonds is 1. The van der Waals surface area contributed by atoms with Crippen LogP contribution in [0.2, 0.25) is 0 Å². The lowest BCUT2D eigenvalue weighted by atomic mass is 9.98. The van der Waals surface area contributed by atoms with Crippen LogP contribution in [0.3, 0.4) is 0 Å². The molecule has 1 unspecified atom stereocenters. The number of hydrogen-bond acceptors (Lipinski definition) is 5. The summed E-state index contributed by atoms with van der Waals surface area (Å²) in [5.74, 6) is 0. The van der Waals surface area contributed by atoms with Gasteiger partial charge in [-0.3, -0.25) is 0 Å². The van der Waals surface area contributed by atoms with Gasteiger partial charge in [0.25, 0.3) is 0 Å². The van der Waals surface area contributed by atoms with Gasteiger partial charge in [-0.05, 0) is 26.2 Å². The van der Waals surface area contributed by atoms with E-state index >= 15 is 0 Å². The molecule has 0 bridgehead atoms. The van der Waals surface area contributed by atoms with Crippen LogP contribution in [0, 0.1) is 0 Å². The molecule has 4 nitrogen and oxygen atoms in total. The Morgan fingerprint density at radius 1 is 1.50 bits per heavy atom. The van der Waals surface area contributed by atoms with Crippen molar-refractivity contribution in [3.8, 4) is 0 Å². The third-order valence-electron chi connectivity index (χ3n) is 2.68. The molecule has 78 valence electrons. The molecule has 1 aliphatic rings. The fourth-order valence-corrected chi connectivity index (χ4v) is 2.37. The van der Waals surface area contributed by atoms with Gasteiger partial charge in [-0.2, -0.15) is 0 Å². The molecule has 1 N–H and O–H groups in total. The maximum absolute atomic E-state index is 9.91. The molecule has 0 aliphatic carbocycles. The minimum atomic E-state index is -0.501. The second-order valence-corrected chi connectivity index (χ2v) is 4.87. The van der Waals surface area contributed by atoms with Gasteiger partial charge in [0.05, 0.1) is 5.60 Å². The first kappa shape index (κ1) is 9.86. The second kappa shape index (κ2) is 3.82. The van der Waals surface area contributed by atoms with Crippen LogP contribution in [-0.4, -0.2) is 34.0 Å². The van der Waals surface area contributed by atoms with E-state index in [-0.39, 0.29) is 0 Å². The van der Waals surface area contributed by atoms with Crippen molar-refractivity contribution in [2.45, 2.75) is 31.8 Å². The molecule has 0 radical (unpaired) electrons. The highest BCUT2D eigenvalue weighted by molar-refractivity contribution is 7.13. The van der Waals surface area contributed by atoms with Gasteiger partial charge in [0.1, 0.15) is 5.51 Å². The third-order valence-corrected chi connectivity index (χ3v) is 3.43. The molecular weight excluding hydrogens is 198 g/mol. The summed E-state index contributed by atoms with van der Waals surface area (Å²) in [5, 5.41) is 18.8. The van der Waals surface area contributed by atoms with E-state index in [4.69, 9.17) is 0 Å². The zero-order valence-electron chi connectivity index (χ0n) is 8.31. The van der Waals surface area contributed by atoms with Crippen molar-refractivity contribution in [3.63, 3.8) is 0 Å². The number of nitrogens with zero attached hydrogens (tertiary/aromatic N) is 3. The van der Waals surface area contributed by atoms with Crippen molar-refractivity contribution < 1.29 is 5.11 Å². The highest BCUT2D eigenvalue weighted by atomic mass is 32.1. The predicted molar refractivity (Wildman–Crippen MR) is 56.6 cm³/mol. The van der Waals surface area contributed by atoms with Crippen LogP contribution in [0.1, 0.15) is 26.2 Å². The molecule has 0 spiro atoms. The first-order valence-electron chi connectivity index (χ1n) is 4.91. The number of aromatic nitrogens is 2. The Morgan fingerprint density at radius 3 is 3.07 bits per heavy atom. The smallest absolute Gasteiger partial charge is 0.208 e. The van der Waals surface area contributed by atoms with E-state index in [1.807, 2.05) is 6.92 Å². The minimum Gasteiger partial charge on any atom is -0.390 e. The maximum Gasteiger partial charge on any atom is 0.208 e. The lowest BCUT2D eigenvalue weighted by Gasteiger charge is -2.21. The standard InChI is InChI=1S/C9H15N3OS/c1-9(13)3-2-5-12(6-4-9)8-11-10-7-14-8/h7,13H,2-6H2,1H3. The van der Waals surface area contributed by atoms with Crippen molar-refractivity contribution in [3.05, 3.63) is 5.51 Å². The van der Waals surface area contributed by atoms with Crippen LogP contribution < -0.4 is 4.90 Å². The van der Waals surface area contributed by atoms with Crippen molar-refractivity contribution in [1.82, 2.24) is 10.2 Å². The van der Waals surface area contributed by atoms with Gasteiger partial charge in [0.15, 0.2) is 0 Å². The van der Waals surface area contributed by atoms with Gasteiger partial charge >= 0.3 is 0 Å². The Kier molecular flexibility index (Phi) is 2.69. The zero-order valence-corrected chi connectivity index (χ0v) is 9.13. The molecule has 1 atom stereocenters. The van der Waals surface area contributed by atoms with Crippen LogP contribution >= 0.6 is 11.3 Å². The first-order valence-corrected chi connectivity index (χ1v) is 5.79. The zero-order chi connectivity index (χ0) is 10.0. The van der Waals surface area contributed by atoms with E-state index in [1.54, 1.807) is 16.8 Å². The molecule has 2 heterocycles. The lowest BCUT2D eigenvalue weighted by molar-refractivity contribution is 0.0481. The SMILES string of the molecule is CC1(O)CCCN(c2nncs2)CC1. The summed E-state index contributed by atoms with van der Waals surface area (Å²) in [6.45, 7) is 3.77. The summed E-state index contributed by atoms with van der Waals surface area (Å²) >= 11 is 1.56. The maximum atomic E-state index is 9.91. The number of aliphatic hydroxyl groups is 1. The quantitative estimate of drug-likeness (QED) is 0.763. The first-order chi connectivity index (χ1) is 6.67. The highest BCUT2D eigenvalue weighted by Gasteiger charge is 2.25. The van der Waals surface area contributed by atoms with Crippen LogP contribution in [-0.2, 0) is 0 Å². The molecule has 1 aromatic heterocycles. The summed E-state index contributed by atoms with van der Waals surface area (Å²) in [6.07, 6.45) is 2.71. The van der Waals surface area contributed by atoms with Gasteiger partial charge in [-0.15, -0.1) is 10.2 Å². The second-order valence-electron chi connectivity index (χ2n) is 4.06. The highest BCUT2D eigenvalue weighted by Crippen LogP contribution is 2.25. The minimum absolute atomic E-state index is 0.501. The van der Waals surface area contributed by atoms with Gasteiger partial charge in [-0.1, -0.05) is 11.3 Å². The molecule has 0 aromatic carbocycles. The van der Waals surface area contributed by atoms with Crippen LogP contribution in [0.4, 0.5) is 5.13 Å². The topological polar surface area (TPSA) is 49.2 Å². The molecule has 5 heteroatoms. The molecule has 1 aliphatic heterocycles. The Balaban J connectivity index is 2.03. The third kappa shape index (κ3) is 2.22. The predicted octanol–water partition coefficient (Wildman–Crippen LogP) is 1.28. The molecule has 0 amide bonds. The van der Waals surface area contributed by atoms with Gasteiger partial charge in [-0.25, -0.2) is 0 Å². The van der Waals surface area contributed by atoms with Crippen LogP contribution in [0.25, 0.3) is 0 Å². The van der Waals surface area contributed by atoms with Crippen molar-refractivity contribution in [1.29, 1.82) is 0 Å². The van der Waals surface area contributed by atoms with Crippen molar-refractivity contribution in [2.75, 3.05) is 18.0 Å². The van der Waals surface area contributed by atoms with Gasteiger partial charge in [0, 0.05) is 13.1 Å². The van der Waals surface area contributed by atoms with Crippen LogP contribution in [0.15, 0.2) is 5.51 Å². The molecular formula is C9H15N3OS. The summed E-state index contributed by atoms with van der Waals surface area (Å²) < 4.78 is 0. The monoisotopic (exact) mass is 213 g/mol. The molecule has 0 saturated carbocycles. The Hall–Kier alpha value is -0.680. The van der Waals surface area contributed by atoms with E-state index in [0.29, 0.717) is 0 Å². The van der Waals surface area contributed by atoms with E-state index < -0.39 is 5.60 Å². The molecule has 1 fully saturated rings.